The van der Waals surface area contributed by atoms with E-state index in [0.717, 1.165) is 27.7 Å². The van der Waals surface area contributed by atoms with Gasteiger partial charge in [0.25, 0.3) is 0 Å². The molecule has 1 heterocycles. The van der Waals surface area contributed by atoms with E-state index in [1.165, 1.54) is 0 Å². The number of hydrogen-bond donors (Lipinski definition) is 2. The number of nitrogens with zero attached hydrogens (tertiary/aromatic N) is 1. The van der Waals surface area contributed by atoms with Crippen molar-refractivity contribution in [3.63, 3.8) is 0 Å². The van der Waals surface area contributed by atoms with Crippen molar-refractivity contribution < 1.29 is 0 Å². The predicted octanol–water partition coefficient (Wildman–Crippen LogP) is 3.29. The summed E-state index contributed by atoms with van der Waals surface area (Å²) >= 11 is 6.04. The lowest BCUT2D eigenvalue weighted by Gasteiger charge is -2.06. The first-order chi connectivity index (χ1) is 7.66. The maximum atomic E-state index is 6.04. The minimum absolute atomic E-state index is 0.703. The fourth-order valence-electron chi connectivity index (χ4n) is 1.45. The molecule has 2 N–H and O–H groups in total. The average molecular weight is 236 g/mol. The Morgan fingerprint density at radius 3 is 2.81 bits per heavy atom. The van der Waals surface area contributed by atoms with E-state index >= 15 is 0 Å². The largest absolute Gasteiger partial charge is 0.379 e. The number of halogens is 1. The molecule has 0 aliphatic rings. The molecule has 3 nitrogen and oxygen atoms in total. The molecular formula is C12H14ClN3. The molecule has 1 aromatic heterocycles. The highest BCUT2D eigenvalue weighted by Gasteiger charge is 2.01. The van der Waals surface area contributed by atoms with Gasteiger partial charge < -0.3 is 10.3 Å². The Balaban J connectivity index is 2.05. The lowest BCUT2D eigenvalue weighted by Crippen LogP contribution is -2.01. The van der Waals surface area contributed by atoms with Crippen molar-refractivity contribution in [2.45, 2.75) is 20.4 Å². The van der Waals surface area contributed by atoms with Crippen LogP contribution in [0.2, 0.25) is 5.02 Å². The van der Waals surface area contributed by atoms with Crippen LogP contribution in [0.1, 0.15) is 17.0 Å². The summed E-state index contributed by atoms with van der Waals surface area (Å²) in [7, 11) is 0. The number of anilines is 1. The quantitative estimate of drug-likeness (QED) is 0.857. The molecule has 2 aromatic rings. The van der Waals surface area contributed by atoms with Gasteiger partial charge in [-0.25, -0.2) is 4.98 Å². The standard InChI is InChI=1S/C12H14ClN3/c1-8-3-4-10(5-11(8)13)14-6-12-9(2)15-7-16-12/h3-5,7,14H,6H2,1-2H3,(H,15,16). The molecule has 16 heavy (non-hydrogen) atoms. The van der Waals surface area contributed by atoms with E-state index in [-0.39, 0.29) is 0 Å². The van der Waals surface area contributed by atoms with Crippen LogP contribution in [-0.2, 0) is 6.54 Å². The Labute approximate surface area is 99.9 Å². The maximum absolute atomic E-state index is 6.04. The number of aryl methyl sites for hydroxylation is 2. The predicted molar refractivity (Wildman–Crippen MR) is 66.8 cm³/mol. The van der Waals surface area contributed by atoms with Crippen LogP contribution in [0.25, 0.3) is 0 Å². The topological polar surface area (TPSA) is 40.7 Å². The average Bonchev–Trinajstić information content (AvgIpc) is 2.66. The summed E-state index contributed by atoms with van der Waals surface area (Å²) in [5.74, 6) is 0. The molecule has 0 aliphatic carbocycles. The zero-order chi connectivity index (χ0) is 11.5. The van der Waals surface area contributed by atoms with Gasteiger partial charge in [0.05, 0.1) is 18.6 Å². The van der Waals surface area contributed by atoms with Gasteiger partial charge in [0.1, 0.15) is 0 Å². The molecule has 0 radical (unpaired) electrons. The molecule has 0 fully saturated rings. The monoisotopic (exact) mass is 235 g/mol. The van der Waals surface area contributed by atoms with Crippen molar-refractivity contribution in [1.29, 1.82) is 0 Å². The van der Waals surface area contributed by atoms with Crippen LogP contribution in [-0.4, -0.2) is 9.97 Å². The number of nitrogens with one attached hydrogen (secondary N) is 2. The Hall–Kier alpha value is -1.48. The minimum atomic E-state index is 0.703. The van der Waals surface area contributed by atoms with Gasteiger partial charge in [-0.1, -0.05) is 17.7 Å². The molecule has 0 unspecified atom stereocenters. The summed E-state index contributed by atoms with van der Waals surface area (Å²) in [5, 5.41) is 4.07. The van der Waals surface area contributed by atoms with Crippen molar-refractivity contribution in [1.82, 2.24) is 9.97 Å². The van der Waals surface area contributed by atoms with Gasteiger partial charge in [0.2, 0.25) is 0 Å². The molecule has 0 atom stereocenters. The SMILES string of the molecule is Cc1ccc(NCc2nc[nH]c2C)cc1Cl. The van der Waals surface area contributed by atoms with Gasteiger partial charge in [-0.05, 0) is 31.5 Å². The third kappa shape index (κ3) is 2.36. The second-order valence-corrected chi connectivity index (χ2v) is 4.20. The zero-order valence-corrected chi connectivity index (χ0v) is 10.1. The second-order valence-electron chi connectivity index (χ2n) is 3.79. The van der Waals surface area contributed by atoms with Gasteiger partial charge in [0.15, 0.2) is 0 Å². The summed E-state index contributed by atoms with van der Waals surface area (Å²) in [6, 6.07) is 5.95. The van der Waals surface area contributed by atoms with Gasteiger partial charge in [-0.3, -0.25) is 0 Å². The fourth-order valence-corrected chi connectivity index (χ4v) is 1.63. The van der Waals surface area contributed by atoms with Crippen molar-refractivity contribution in [3.05, 3.63) is 46.5 Å². The number of imidazole rings is 1. The van der Waals surface area contributed by atoms with Crippen LogP contribution in [0.3, 0.4) is 0 Å². The summed E-state index contributed by atoms with van der Waals surface area (Å²) in [5.41, 5.74) is 4.21. The number of H-pyrrole nitrogens is 1. The van der Waals surface area contributed by atoms with E-state index in [1.54, 1.807) is 6.33 Å². The van der Waals surface area contributed by atoms with Crippen LogP contribution < -0.4 is 5.32 Å². The highest BCUT2D eigenvalue weighted by Crippen LogP contribution is 2.20. The van der Waals surface area contributed by atoms with E-state index in [4.69, 9.17) is 11.6 Å². The van der Waals surface area contributed by atoms with E-state index in [1.807, 2.05) is 32.0 Å². The highest BCUT2D eigenvalue weighted by molar-refractivity contribution is 6.31. The fraction of sp³-hybridized carbons (Fsp3) is 0.250. The molecule has 4 heteroatoms. The van der Waals surface area contributed by atoms with Crippen LogP contribution >= 0.6 is 11.6 Å². The molecule has 0 aliphatic heterocycles. The molecule has 0 saturated heterocycles. The maximum Gasteiger partial charge on any atom is 0.0925 e. The summed E-state index contributed by atoms with van der Waals surface area (Å²) in [6.07, 6.45) is 1.70. The van der Waals surface area contributed by atoms with Gasteiger partial charge >= 0.3 is 0 Å². The van der Waals surface area contributed by atoms with Gasteiger partial charge in [-0.2, -0.15) is 0 Å². The van der Waals surface area contributed by atoms with Gasteiger partial charge in [-0.15, -0.1) is 0 Å². The minimum Gasteiger partial charge on any atom is -0.379 e. The number of aromatic nitrogens is 2. The van der Waals surface area contributed by atoms with Crippen LogP contribution in [0.15, 0.2) is 24.5 Å². The number of benzene rings is 1. The van der Waals surface area contributed by atoms with Crippen molar-refractivity contribution >= 4 is 17.3 Å². The summed E-state index contributed by atoms with van der Waals surface area (Å²) in [4.78, 5) is 7.27. The zero-order valence-electron chi connectivity index (χ0n) is 9.34. The molecular weight excluding hydrogens is 222 g/mol. The number of rotatable bonds is 3. The van der Waals surface area contributed by atoms with E-state index in [0.29, 0.717) is 6.54 Å². The van der Waals surface area contributed by atoms with Crippen LogP contribution in [0.4, 0.5) is 5.69 Å². The number of hydrogen-bond acceptors (Lipinski definition) is 2. The van der Waals surface area contributed by atoms with E-state index in [2.05, 4.69) is 15.3 Å². The Morgan fingerprint density at radius 2 is 2.19 bits per heavy atom. The Morgan fingerprint density at radius 1 is 1.38 bits per heavy atom. The first kappa shape index (κ1) is 11.0. The normalized spacial score (nSPS) is 10.4. The molecule has 1 aromatic carbocycles. The lowest BCUT2D eigenvalue weighted by molar-refractivity contribution is 1.05. The molecule has 0 saturated carbocycles. The summed E-state index contributed by atoms with van der Waals surface area (Å²) in [6.45, 7) is 4.70. The van der Waals surface area contributed by atoms with Crippen molar-refractivity contribution in [2.24, 2.45) is 0 Å². The van der Waals surface area contributed by atoms with Crippen LogP contribution in [0.5, 0.6) is 0 Å². The van der Waals surface area contributed by atoms with Gasteiger partial charge in [0, 0.05) is 16.4 Å². The molecule has 0 amide bonds. The molecule has 2 rings (SSSR count). The Bertz CT molecular complexity index is 491. The summed E-state index contributed by atoms with van der Waals surface area (Å²) < 4.78 is 0. The van der Waals surface area contributed by atoms with E-state index < -0.39 is 0 Å². The first-order valence-corrected chi connectivity index (χ1v) is 5.53. The first-order valence-electron chi connectivity index (χ1n) is 5.15. The third-order valence-electron chi connectivity index (χ3n) is 2.57. The molecule has 84 valence electrons. The second kappa shape index (κ2) is 4.58. The molecule has 0 bridgehead atoms. The third-order valence-corrected chi connectivity index (χ3v) is 2.97. The highest BCUT2D eigenvalue weighted by atomic mass is 35.5. The smallest absolute Gasteiger partial charge is 0.0925 e. The van der Waals surface area contributed by atoms with Crippen molar-refractivity contribution in [3.8, 4) is 0 Å². The van der Waals surface area contributed by atoms with Crippen molar-refractivity contribution in [2.75, 3.05) is 5.32 Å². The number of aromatic amines is 1. The molecule has 0 spiro atoms. The Kier molecular flexibility index (Phi) is 3.15. The lowest BCUT2D eigenvalue weighted by atomic mass is 10.2. The van der Waals surface area contributed by atoms with Crippen LogP contribution in [0, 0.1) is 13.8 Å². The van der Waals surface area contributed by atoms with E-state index in [9.17, 15) is 0 Å².